The number of amides is 1. The number of nitrogens with zero attached hydrogens (tertiary/aromatic N) is 3. The SMILES string of the molecule is CCCCn1c(N)c(N(C(=O)c2ccc([N+](=O)[O-])cc2)C2CCCC2)c(=O)[nH]c1=O. The summed E-state index contributed by atoms with van der Waals surface area (Å²) in [4.78, 5) is 52.4. The van der Waals surface area contributed by atoms with Crippen molar-refractivity contribution >= 4 is 23.1 Å². The van der Waals surface area contributed by atoms with Gasteiger partial charge in [-0.25, -0.2) is 4.79 Å². The molecule has 0 spiro atoms. The maximum absolute atomic E-state index is 13.4. The van der Waals surface area contributed by atoms with Crippen molar-refractivity contribution in [3.8, 4) is 0 Å². The van der Waals surface area contributed by atoms with Gasteiger partial charge in [-0.3, -0.25) is 34.2 Å². The van der Waals surface area contributed by atoms with Crippen molar-refractivity contribution < 1.29 is 9.72 Å². The summed E-state index contributed by atoms with van der Waals surface area (Å²) in [5.41, 5.74) is 4.94. The van der Waals surface area contributed by atoms with Crippen molar-refractivity contribution in [1.82, 2.24) is 9.55 Å². The van der Waals surface area contributed by atoms with E-state index in [0.29, 0.717) is 25.8 Å². The number of nitrogen functional groups attached to an aromatic ring is 1. The van der Waals surface area contributed by atoms with E-state index in [-0.39, 0.29) is 28.8 Å². The van der Waals surface area contributed by atoms with Crippen LogP contribution in [0.25, 0.3) is 0 Å². The molecule has 1 aromatic heterocycles. The molecule has 3 N–H and O–H groups in total. The molecule has 0 radical (unpaired) electrons. The molecule has 0 unspecified atom stereocenters. The average molecular weight is 415 g/mol. The van der Waals surface area contributed by atoms with Crippen LogP contribution in [-0.4, -0.2) is 26.4 Å². The molecule has 1 amide bonds. The molecular weight excluding hydrogens is 390 g/mol. The van der Waals surface area contributed by atoms with Crippen molar-refractivity contribution in [2.24, 2.45) is 0 Å². The van der Waals surface area contributed by atoms with Crippen LogP contribution in [0.5, 0.6) is 0 Å². The number of non-ortho nitro benzene ring substituents is 1. The number of nitrogens with two attached hydrogens (primary N) is 1. The first-order valence-corrected chi connectivity index (χ1v) is 10.1. The maximum Gasteiger partial charge on any atom is 0.330 e. The lowest BCUT2D eigenvalue weighted by atomic mass is 10.1. The third-order valence-corrected chi connectivity index (χ3v) is 5.42. The average Bonchev–Trinajstić information content (AvgIpc) is 3.24. The first-order valence-electron chi connectivity index (χ1n) is 10.1. The molecule has 10 heteroatoms. The number of H-pyrrole nitrogens is 1. The van der Waals surface area contributed by atoms with Crippen LogP contribution >= 0.6 is 0 Å². The van der Waals surface area contributed by atoms with Gasteiger partial charge in [-0.05, 0) is 31.4 Å². The summed E-state index contributed by atoms with van der Waals surface area (Å²) < 4.78 is 1.28. The highest BCUT2D eigenvalue weighted by Crippen LogP contribution is 2.31. The lowest BCUT2D eigenvalue weighted by Gasteiger charge is -2.30. The van der Waals surface area contributed by atoms with Gasteiger partial charge >= 0.3 is 5.69 Å². The van der Waals surface area contributed by atoms with Gasteiger partial charge in [0.25, 0.3) is 17.2 Å². The third-order valence-electron chi connectivity index (χ3n) is 5.42. The van der Waals surface area contributed by atoms with Crippen LogP contribution in [0.2, 0.25) is 0 Å². The number of carbonyl (C=O) groups excluding carboxylic acids is 1. The van der Waals surface area contributed by atoms with Crippen LogP contribution in [0.15, 0.2) is 33.9 Å². The predicted molar refractivity (Wildman–Crippen MR) is 113 cm³/mol. The van der Waals surface area contributed by atoms with Gasteiger partial charge in [-0.15, -0.1) is 0 Å². The molecular formula is C20H25N5O5. The zero-order valence-electron chi connectivity index (χ0n) is 16.8. The van der Waals surface area contributed by atoms with Crippen molar-refractivity contribution in [2.75, 3.05) is 10.6 Å². The zero-order valence-corrected chi connectivity index (χ0v) is 16.8. The summed E-state index contributed by atoms with van der Waals surface area (Å²) in [7, 11) is 0. The van der Waals surface area contributed by atoms with E-state index in [0.717, 1.165) is 19.3 Å². The summed E-state index contributed by atoms with van der Waals surface area (Å²) in [6.45, 7) is 2.30. The standard InChI is InChI=1S/C20H25N5O5/c1-2-3-12-23-17(21)16(18(26)22-20(23)28)24(14-6-4-5-7-14)19(27)13-8-10-15(11-9-13)25(29)30/h8-11,14H,2-7,12,21H2,1H3,(H,22,26,28). The third kappa shape index (κ3) is 4.12. The fourth-order valence-electron chi connectivity index (χ4n) is 3.83. The lowest BCUT2D eigenvalue weighted by Crippen LogP contribution is -2.45. The summed E-state index contributed by atoms with van der Waals surface area (Å²) >= 11 is 0. The van der Waals surface area contributed by atoms with E-state index in [1.807, 2.05) is 6.92 Å². The quantitative estimate of drug-likeness (QED) is 0.525. The summed E-state index contributed by atoms with van der Waals surface area (Å²) in [6, 6.07) is 4.97. The van der Waals surface area contributed by atoms with Gasteiger partial charge in [0.05, 0.1) is 4.92 Å². The molecule has 160 valence electrons. The number of benzene rings is 1. The molecule has 1 fully saturated rings. The second-order valence-electron chi connectivity index (χ2n) is 7.42. The highest BCUT2D eigenvalue weighted by atomic mass is 16.6. The van der Waals surface area contributed by atoms with E-state index in [9.17, 15) is 24.5 Å². The second kappa shape index (κ2) is 8.93. The smallest absolute Gasteiger partial charge is 0.330 e. The van der Waals surface area contributed by atoms with Crippen LogP contribution < -0.4 is 21.9 Å². The van der Waals surface area contributed by atoms with Crippen LogP contribution in [0.3, 0.4) is 0 Å². The van der Waals surface area contributed by atoms with Gasteiger partial charge in [0.1, 0.15) is 5.82 Å². The van der Waals surface area contributed by atoms with Crippen molar-refractivity contribution in [1.29, 1.82) is 0 Å². The second-order valence-corrected chi connectivity index (χ2v) is 7.42. The molecule has 3 rings (SSSR count). The number of hydrogen-bond acceptors (Lipinski definition) is 6. The first-order chi connectivity index (χ1) is 14.3. The van der Waals surface area contributed by atoms with Gasteiger partial charge in [0.2, 0.25) is 0 Å². The van der Waals surface area contributed by atoms with E-state index >= 15 is 0 Å². The van der Waals surface area contributed by atoms with Gasteiger partial charge < -0.3 is 5.73 Å². The number of anilines is 2. The number of nitro groups is 1. The largest absolute Gasteiger partial charge is 0.383 e. The zero-order chi connectivity index (χ0) is 21.8. The number of nitrogens with one attached hydrogen (secondary N) is 1. The number of aromatic nitrogens is 2. The minimum Gasteiger partial charge on any atom is -0.383 e. The van der Waals surface area contributed by atoms with Crippen LogP contribution in [-0.2, 0) is 6.54 Å². The summed E-state index contributed by atoms with van der Waals surface area (Å²) in [5.74, 6) is -0.519. The molecule has 0 atom stereocenters. The number of nitro benzene ring substituents is 1. The Morgan fingerprint density at radius 2 is 1.90 bits per heavy atom. The van der Waals surface area contributed by atoms with Crippen LogP contribution in [0, 0.1) is 10.1 Å². The molecule has 2 aromatic rings. The summed E-state index contributed by atoms with van der Waals surface area (Å²) in [6.07, 6.45) is 4.73. The van der Waals surface area contributed by atoms with Gasteiger partial charge in [0.15, 0.2) is 5.69 Å². The number of carbonyl (C=O) groups is 1. The van der Waals surface area contributed by atoms with E-state index < -0.39 is 22.1 Å². The Kier molecular flexibility index (Phi) is 6.34. The molecule has 0 saturated heterocycles. The Morgan fingerprint density at radius 3 is 2.47 bits per heavy atom. The highest BCUT2D eigenvalue weighted by Gasteiger charge is 2.33. The molecule has 1 aliphatic rings. The van der Waals surface area contributed by atoms with Crippen molar-refractivity contribution in [2.45, 2.75) is 58.0 Å². The van der Waals surface area contributed by atoms with E-state index in [1.54, 1.807) is 0 Å². The lowest BCUT2D eigenvalue weighted by molar-refractivity contribution is -0.384. The van der Waals surface area contributed by atoms with E-state index in [4.69, 9.17) is 5.73 Å². The molecule has 1 heterocycles. The molecule has 30 heavy (non-hydrogen) atoms. The Balaban J connectivity index is 2.11. The topological polar surface area (TPSA) is 144 Å². The van der Waals surface area contributed by atoms with Gasteiger partial charge in [0, 0.05) is 30.3 Å². The predicted octanol–water partition coefficient (Wildman–Crippen LogP) is 2.42. The van der Waals surface area contributed by atoms with Crippen molar-refractivity contribution in [3.63, 3.8) is 0 Å². The van der Waals surface area contributed by atoms with E-state index in [2.05, 4.69) is 4.98 Å². The number of unbranched alkanes of at least 4 members (excludes halogenated alkanes) is 1. The molecule has 1 aliphatic carbocycles. The normalized spacial score (nSPS) is 14.0. The fraction of sp³-hybridized carbons (Fsp3) is 0.450. The highest BCUT2D eigenvalue weighted by molar-refractivity contribution is 6.07. The van der Waals surface area contributed by atoms with Crippen LogP contribution in [0.4, 0.5) is 17.2 Å². The molecule has 0 bridgehead atoms. The minimum absolute atomic E-state index is 0.0408. The van der Waals surface area contributed by atoms with E-state index in [1.165, 1.54) is 33.7 Å². The fourth-order valence-corrected chi connectivity index (χ4v) is 3.83. The number of hydrogen-bond donors (Lipinski definition) is 2. The minimum atomic E-state index is -0.715. The Hall–Kier alpha value is -3.43. The molecule has 0 aliphatic heterocycles. The van der Waals surface area contributed by atoms with Gasteiger partial charge in [-0.1, -0.05) is 26.2 Å². The number of rotatable bonds is 7. The Labute approximate surface area is 172 Å². The Bertz CT molecular complexity index is 1050. The summed E-state index contributed by atoms with van der Waals surface area (Å²) in [5, 5.41) is 10.9. The number of aromatic amines is 1. The maximum atomic E-state index is 13.4. The van der Waals surface area contributed by atoms with Gasteiger partial charge in [-0.2, -0.15) is 0 Å². The van der Waals surface area contributed by atoms with Crippen molar-refractivity contribution in [3.05, 3.63) is 60.8 Å². The molecule has 10 nitrogen and oxygen atoms in total. The van der Waals surface area contributed by atoms with Crippen LogP contribution in [0.1, 0.15) is 55.8 Å². The first kappa shape index (κ1) is 21.3. The molecule has 1 saturated carbocycles. The monoisotopic (exact) mass is 415 g/mol. The molecule has 1 aromatic carbocycles. The Morgan fingerprint density at radius 1 is 1.27 bits per heavy atom.